The van der Waals surface area contributed by atoms with Gasteiger partial charge in [0.1, 0.15) is 0 Å². The minimum atomic E-state index is -0.680. The number of aliphatic carboxylic acids is 1. The zero-order valence-corrected chi connectivity index (χ0v) is 14.0. The molecule has 4 heteroatoms. The van der Waals surface area contributed by atoms with Crippen LogP contribution in [0.5, 0.6) is 0 Å². The quantitative estimate of drug-likeness (QED) is 0.813. The highest BCUT2D eigenvalue weighted by molar-refractivity contribution is 6.33. The molecule has 21 heavy (non-hydrogen) atoms. The van der Waals surface area contributed by atoms with Crippen LogP contribution in [-0.2, 0) is 11.2 Å². The lowest BCUT2D eigenvalue weighted by Crippen LogP contribution is -2.33. The van der Waals surface area contributed by atoms with Crippen molar-refractivity contribution in [3.8, 4) is 0 Å². The number of carboxylic acid groups (broad SMARTS) is 1. The van der Waals surface area contributed by atoms with Gasteiger partial charge < -0.3 is 5.11 Å². The van der Waals surface area contributed by atoms with Crippen molar-refractivity contribution in [1.82, 2.24) is 0 Å². The Kier molecular flexibility index (Phi) is 5.56. The van der Waals surface area contributed by atoms with Gasteiger partial charge in [-0.2, -0.15) is 0 Å². The van der Waals surface area contributed by atoms with E-state index in [0.29, 0.717) is 28.3 Å². The summed E-state index contributed by atoms with van der Waals surface area (Å²) in [6, 6.07) is 5.42. The standard InChI is InChI=1S/C17H22Cl2O2/c1-10(2)11-3-5-15(17(20)21)12(7-11)8-13-9-14(18)4-6-16(13)19/h4,6,9-12,15H,3,5,7-8H2,1-2H3,(H,20,21). The van der Waals surface area contributed by atoms with E-state index in [2.05, 4.69) is 13.8 Å². The van der Waals surface area contributed by atoms with Gasteiger partial charge >= 0.3 is 5.97 Å². The first-order valence-electron chi connectivity index (χ1n) is 7.55. The Morgan fingerprint density at radius 1 is 1.33 bits per heavy atom. The Labute approximate surface area is 136 Å². The fourth-order valence-corrected chi connectivity index (χ4v) is 3.83. The molecular formula is C17H22Cl2O2. The Balaban J connectivity index is 2.19. The van der Waals surface area contributed by atoms with Crippen LogP contribution >= 0.6 is 23.2 Å². The summed E-state index contributed by atoms with van der Waals surface area (Å²) >= 11 is 12.3. The lowest BCUT2D eigenvalue weighted by Gasteiger charge is -2.36. The highest BCUT2D eigenvalue weighted by atomic mass is 35.5. The van der Waals surface area contributed by atoms with Gasteiger partial charge in [-0.05, 0) is 67.2 Å². The number of hydrogen-bond donors (Lipinski definition) is 1. The average molecular weight is 329 g/mol. The van der Waals surface area contributed by atoms with Crippen LogP contribution in [-0.4, -0.2) is 11.1 Å². The third kappa shape index (κ3) is 4.14. The Bertz CT molecular complexity index is 514. The summed E-state index contributed by atoms with van der Waals surface area (Å²) in [5, 5.41) is 10.8. The summed E-state index contributed by atoms with van der Waals surface area (Å²) < 4.78 is 0. The monoisotopic (exact) mass is 328 g/mol. The number of carboxylic acids is 1. The van der Waals surface area contributed by atoms with E-state index in [1.807, 2.05) is 6.07 Å². The molecule has 0 saturated heterocycles. The molecule has 3 atom stereocenters. The molecule has 1 N–H and O–H groups in total. The summed E-state index contributed by atoms with van der Waals surface area (Å²) in [6.07, 6.45) is 3.42. The molecule has 0 spiro atoms. The van der Waals surface area contributed by atoms with Crippen molar-refractivity contribution in [2.24, 2.45) is 23.7 Å². The Morgan fingerprint density at radius 2 is 2.05 bits per heavy atom. The Morgan fingerprint density at radius 3 is 2.67 bits per heavy atom. The molecule has 1 aliphatic carbocycles. The molecule has 2 rings (SSSR count). The van der Waals surface area contributed by atoms with E-state index in [1.165, 1.54) is 0 Å². The first-order valence-corrected chi connectivity index (χ1v) is 8.30. The van der Waals surface area contributed by atoms with Crippen molar-refractivity contribution in [2.45, 2.75) is 39.5 Å². The van der Waals surface area contributed by atoms with Crippen molar-refractivity contribution < 1.29 is 9.90 Å². The number of benzene rings is 1. The highest BCUT2D eigenvalue weighted by Crippen LogP contribution is 2.40. The maximum Gasteiger partial charge on any atom is 0.306 e. The Hall–Kier alpha value is -0.730. The predicted octanol–water partition coefficient (Wildman–Crippen LogP) is 5.31. The van der Waals surface area contributed by atoms with E-state index in [9.17, 15) is 9.90 Å². The maximum atomic E-state index is 11.5. The lowest BCUT2D eigenvalue weighted by atomic mass is 9.69. The molecule has 1 aliphatic rings. The normalized spacial score (nSPS) is 26.0. The third-order valence-electron chi connectivity index (χ3n) is 4.77. The zero-order valence-electron chi connectivity index (χ0n) is 12.5. The fourth-order valence-electron chi connectivity index (χ4n) is 3.44. The molecule has 3 unspecified atom stereocenters. The van der Waals surface area contributed by atoms with E-state index in [-0.39, 0.29) is 11.8 Å². The number of halogens is 2. The third-order valence-corrected chi connectivity index (χ3v) is 5.38. The van der Waals surface area contributed by atoms with Gasteiger partial charge in [-0.15, -0.1) is 0 Å². The van der Waals surface area contributed by atoms with Crippen molar-refractivity contribution in [3.05, 3.63) is 33.8 Å². The van der Waals surface area contributed by atoms with Gasteiger partial charge in [-0.1, -0.05) is 37.0 Å². The topological polar surface area (TPSA) is 37.3 Å². The van der Waals surface area contributed by atoms with Gasteiger partial charge in [0, 0.05) is 10.0 Å². The summed E-state index contributed by atoms with van der Waals surface area (Å²) in [5.74, 6) is 0.385. The van der Waals surface area contributed by atoms with E-state index < -0.39 is 5.97 Å². The number of rotatable bonds is 4. The number of carbonyl (C=O) groups is 1. The first-order chi connectivity index (χ1) is 9.88. The smallest absolute Gasteiger partial charge is 0.306 e. The molecular weight excluding hydrogens is 307 g/mol. The number of hydrogen-bond acceptors (Lipinski definition) is 1. The van der Waals surface area contributed by atoms with Crippen LogP contribution in [0, 0.1) is 23.7 Å². The van der Waals surface area contributed by atoms with Crippen molar-refractivity contribution in [2.75, 3.05) is 0 Å². The highest BCUT2D eigenvalue weighted by Gasteiger charge is 2.36. The molecule has 0 radical (unpaired) electrons. The molecule has 1 aromatic rings. The molecule has 1 fully saturated rings. The fraction of sp³-hybridized carbons (Fsp3) is 0.588. The summed E-state index contributed by atoms with van der Waals surface area (Å²) in [4.78, 5) is 11.5. The minimum Gasteiger partial charge on any atom is -0.481 e. The molecule has 116 valence electrons. The minimum absolute atomic E-state index is 0.139. The van der Waals surface area contributed by atoms with Crippen LogP contribution in [0.25, 0.3) is 0 Å². The van der Waals surface area contributed by atoms with Crippen molar-refractivity contribution >= 4 is 29.2 Å². The van der Waals surface area contributed by atoms with Gasteiger partial charge in [-0.25, -0.2) is 0 Å². The molecule has 0 amide bonds. The summed E-state index contributed by atoms with van der Waals surface area (Å²) in [5.41, 5.74) is 0.963. The van der Waals surface area contributed by atoms with E-state index in [1.54, 1.807) is 12.1 Å². The van der Waals surface area contributed by atoms with Gasteiger partial charge in [0.15, 0.2) is 0 Å². The van der Waals surface area contributed by atoms with Gasteiger partial charge in [-0.3, -0.25) is 4.79 Å². The van der Waals surface area contributed by atoms with Crippen LogP contribution in [0.15, 0.2) is 18.2 Å². The molecule has 0 aromatic heterocycles. The molecule has 0 bridgehead atoms. The van der Waals surface area contributed by atoms with Crippen molar-refractivity contribution in [1.29, 1.82) is 0 Å². The molecule has 2 nitrogen and oxygen atoms in total. The second-order valence-corrected chi connectivity index (χ2v) is 7.31. The van der Waals surface area contributed by atoms with E-state index >= 15 is 0 Å². The second-order valence-electron chi connectivity index (χ2n) is 6.46. The molecule has 1 saturated carbocycles. The largest absolute Gasteiger partial charge is 0.481 e. The molecule has 0 heterocycles. The average Bonchev–Trinajstić information content (AvgIpc) is 2.42. The molecule has 1 aromatic carbocycles. The van der Waals surface area contributed by atoms with Crippen LogP contribution < -0.4 is 0 Å². The lowest BCUT2D eigenvalue weighted by molar-refractivity contribution is -0.145. The SMILES string of the molecule is CC(C)C1CCC(C(=O)O)C(Cc2cc(Cl)ccc2Cl)C1. The summed E-state index contributed by atoms with van der Waals surface area (Å²) in [6.45, 7) is 4.43. The van der Waals surface area contributed by atoms with Crippen LogP contribution in [0.3, 0.4) is 0 Å². The summed E-state index contributed by atoms with van der Waals surface area (Å²) in [7, 11) is 0. The van der Waals surface area contributed by atoms with Crippen LogP contribution in [0.2, 0.25) is 10.0 Å². The first kappa shape index (κ1) is 16.6. The van der Waals surface area contributed by atoms with E-state index in [4.69, 9.17) is 23.2 Å². The second kappa shape index (κ2) is 7.02. The van der Waals surface area contributed by atoms with Gasteiger partial charge in [0.2, 0.25) is 0 Å². The van der Waals surface area contributed by atoms with Crippen LogP contribution in [0.4, 0.5) is 0 Å². The zero-order chi connectivity index (χ0) is 15.6. The molecule has 0 aliphatic heterocycles. The van der Waals surface area contributed by atoms with E-state index in [0.717, 1.165) is 24.8 Å². The maximum absolute atomic E-state index is 11.5. The van der Waals surface area contributed by atoms with Gasteiger partial charge in [0.25, 0.3) is 0 Å². The van der Waals surface area contributed by atoms with Crippen molar-refractivity contribution in [3.63, 3.8) is 0 Å². The van der Waals surface area contributed by atoms with Crippen LogP contribution in [0.1, 0.15) is 38.7 Å². The van der Waals surface area contributed by atoms with Gasteiger partial charge in [0.05, 0.1) is 5.92 Å². The predicted molar refractivity (Wildman–Crippen MR) is 87.0 cm³/mol.